The average molecular weight is 187 g/mol. The van der Waals surface area contributed by atoms with Gasteiger partial charge in [-0.3, -0.25) is 0 Å². The minimum absolute atomic E-state index is 0.173. The van der Waals surface area contributed by atoms with Crippen LogP contribution in [0.1, 0.15) is 40.0 Å². The van der Waals surface area contributed by atoms with Crippen LogP contribution in [0.2, 0.25) is 0 Å². The fraction of sp³-hybridized carbons (Fsp3) is 1.00. The number of hydrogen-bond acceptors (Lipinski definition) is 2. The van der Waals surface area contributed by atoms with Crippen LogP contribution >= 0.6 is 0 Å². The van der Waals surface area contributed by atoms with E-state index < -0.39 is 0 Å². The Morgan fingerprint density at radius 3 is 2.23 bits per heavy atom. The lowest BCUT2D eigenvalue weighted by Gasteiger charge is -2.20. The lowest BCUT2D eigenvalue weighted by molar-refractivity contribution is 0.134. The Balaban J connectivity index is 3.69. The number of likely N-dealkylation sites (N-methyl/N-ethyl adjacent to an activating group) is 1. The van der Waals surface area contributed by atoms with Crippen LogP contribution in [0.25, 0.3) is 0 Å². The van der Waals surface area contributed by atoms with Gasteiger partial charge >= 0.3 is 0 Å². The van der Waals surface area contributed by atoms with Crippen molar-refractivity contribution in [1.29, 1.82) is 0 Å². The molecule has 0 rings (SSSR count). The molecular weight excluding hydrogens is 162 g/mol. The number of hydrogen-bond donors (Lipinski definition) is 2. The zero-order valence-corrected chi connectivity index (χ0v) is 9.51. The molecule has 0 saturated heterocycles. The molecule has 0 radical (unpaired) electrons. The number of rotatable bonds is 7. The molecule has 0 heterocycles. The molecule has 0 aromatic heterocycles. The van der Waals surface area contributed by atoms with E-state index in [1.54, 1.807) is 0 Å². The molecule has 2 atom stereocenters. The maximum Gasteiger partial charge on any atom is 0.0667 e. The Hall–Kier alpha value is -0.0800. The summed E-state index contributed by atoms with van der Waals surface area (Å²) in [6.07, 6.45) is 3.18. The third kappa shape index (κ3) is 7.03. The average Bonchev–Trinajstić information content (AvgIpc) is 2.02. The summed E-state index contributed by atoms with van der Waals surface area (Å²) in [6.45, 7) is 7.41. The molecule has 0 aliphatic carbocycles. The third-order valence-corrected chi connectivity index (χ3v) is 2.43. The van der Waals surface area contributed by atoms with Crippen molar-refractivity contribution >= 4 is 0 Å². The van der Waals surface area contributed by atoms with Crippen LogP contribution in [0.5, 0.6) is 0 Å². The van der Waals surface area contributed by atoms with Gasteiger partial charge in [-0.25, -0.2) is 0 Å². The molecule has 0 aliphatic heterocycles. The van der Waals surface area contributed by atoms with Gasteiger partial charge in [-0.1, -0.05) is 27.2 Å². The largest absolute Gasteiger partial charge is 0.392 e. The summed E-state index contributed by atoms with van der Waals surface area (Å²) in [5.74, 6) is 1.43. The highest BCUT2D eigenvalue weighted by molar-refractivity contribution is 4.66. The zero-order chi connectivity index (χ0) is 10.3. The summed E-state index contributed by atoms with van der Waals surface area (Å²) in [5, 5.41) is 12.6. The van der Waals surface area contributed by atoms with Gasteiger partial charge < -0.3 is 10.4 Å². The summed E-state index contributed by atoms with van der Waals surface area (Å²) in [6, 6.07) is 0. The van der Waals surface area contributed by atoms with Gasteiger partial charge in [0.25, 0.3) is 0 Å². The van der Waals surface area contributed by atoms with E-state index in [4.69, 9.17) is 0 Å². The molecule has 80 valence electrons. The van der Waals surface area contributed by atoms with E-state index >= 15 is 0 Å². The maximum atomic E-state index is 9.60. The van der Waals surface area contributed by atoms with Crippen LogP contribution in [0.3, 0.4) is 0 Å². The van der Waals surface area contributed by atoms with Gasteiger partial charge in [-0.05, 0) is 31.7 Å². The van der Waals surface area contributed by atoms with Gasteiger partial charge in [-0.15, -0.1) is 0 Å². The first-order valence-electron chi connectivity index (χ1n) is 5.42. The van der Waals surface area contributed by atoms with Crippen molar-refractivity contribution in [1.82, 2.24) is 5.32 Å². The summed E-state index contributed by atoms with van der Waals surface area (Å²) >= 11 is 0. The van der Waals surface area contributed by atoms with E-state index in [2.05, 4.69) is 26.1 Å². The number of aliphatic hydroxyl groups is 1. The van der Waals surface area contributed by atoms with Crippen molar-refractivity contribution in [3.05, 3.63) is 0 Å². The van der Waals surface area contributed by atoms with Crippen molar-refractivity contribution in [2.45, 2.75) is 46.1 Å². The summed E-state index contributed by atoms with van der Waals surface area (Å²) in [4.78, 5) is 0. The first kappa shape index (κ1) is 12.9. The van der Waals surface area contributed by atoms with E-state index in [-0.39, 0.29) is 6.10 Å². The predicted molar refractivity (Wildman–Crippen MR) is 57.8 cm³/mol. The van der Waals surface area contributed by atoms with Crippen molar-refractivity contribution in [3.63, 3.8) is 0 Å². The second kappa shape index (κ2) is 7.34. The van der Waals surface area contributed by atoms with E-state index in [0.29, 0.717) is 12.5 Å². The highest BCUT2D eigenvalue weighted by Gasteiger charge is 2.13. The van der Waals surface area contributed by atoms with Crippen molar-refractivity contribution in [3.8, 4) is 0 Å². The lowest BCUT2D eigenvalue weighted by atomic mass is 9.90. The highest BCUT2D eigenvalue weighted by atomic mass is 16.3. The molecule has 0 spiro atoms. The van der Waals surface area contributed by atoms with Gasteiger partial charge in [0.05, 0.1) is 6.10 Å². The Morgan fingerprint density at radius 2 is 1.85 bits per heavy atom. The zero-order valence-electron chi connectivity index (χ0n) is 9.51. The van der Waals surface area contributed by atoms with Crippen LogP contribution in [0.15, 0.2) is 0 Å². The molecule has 0 fully saturated rings. The van der Waals surface area contributed by atoms with Crippen molar-refractivity contribution in [2.75, 3.05) is 13.6 Å². The highest BCUT2D eigenvalue weighted by Crippen LogP contribution is 2.20. The fourth-order valence-corrected chi connectivity index (χ4v) is 1.80. The maximum absolute atomic E-state index is 9.60. The van der Waals surface area contributed by atoms with E-state index in [9.17, 15) is 5.11 Å². The van der Waals surface area contributed by atoms with Gasteiger partial charge in [-0.2, -0.15) is 0 Å². The van der Waals surface area contributed by atoms with Gasteiger partial charge in [0.2, 0.25) is 0 Å². The summed E-state index contributed by atoms with van der Waals surface area (Å²) in [5.41, 5.74) is 0. The molecule has 0 amide bonds. The predicted octanol–water partition coefficient (Wildman–Crippen LogP) is 2.03. The van der Waals surface area contributed by atoms with Crippen LogP contribution in [-0.2, 0) is 0 Å². The smallest absolute Gasteiger partial charge is 0.0667 e. The first-order valence-corrected chi connectivity index (χ1v) is 5.42. The van der Waals surface area contributed by atoms with E-state index in [1.807, 2.05) is 7.05 Å². The second-order valence-corrected chi connectivity index (χ2v) is 4.35. The molecule has 0 aliphatic rings. The lowest BCUT2D eigenvalue weighted by Crippen LogP contribution is -2.26. The fourth-order valence-electron chi connectivity index (χ4n) is 1.80. The van der Waals surface area contributed by atoms with Gasteiger partial charge in [0.1, 0.15) is 0 Å². The van der Waals surface area contributed by atoms with Gasteiger partial charge in [0, 0.05) is 6.54 Å². The molecule has 13 heavy (non-hydrogen) atoms. The Bertz CT molecular complexity index is 115. The molecule has 0 aromatic carbocycles. The quantitative estimate of drug-likeness (QED) is 0.639. The van der Waals surface area contributed by atoms with Crippen LogP contribution in [-0.4, -0.2) is 24.8 Å². The number of aliphatic hydroxyl groups excluding tert-OH is 1. The SMILES string of the molecule is CCC(CC(C)C)CC(O)CNC. The van der Waals surface area contributed by atoms with Crippen molar-refractivity contribution in [2.24, 2.45) is 11.8 Å². The third-order valence-electron chi connectivity index (χ3n) is 2.43. The van der Waals surface area contributed by atoms with E-state index in [0.717, 1.165) is 12.3 Å². The molecule has 2 N–H and O–H groups in total. The second-order valence-electron chi connectivity index (χ2n) is 4.35. The van der Waals surface area contributed by atoms with Gasteiger partial charge in [0.15, 0.2) is 0 Å². The standard InChI is InChI=1S/C11H25NO/c1-5-10(6-9(2)3)7-11(13)8-12-4/h9-13H,5-8H2,1-4H3. The minimum atomic E-state index is -0.173. The Morgan fingerprint density at radius 1 is 1.23 bits per heavy atom. The molecule has 2 unspecified atom stereocenters. The monoisotopic (exact) mass is 187 g/mol. The molecule has 0 aromatic rings. The molecule has 0 saturated carbocycles. The number of nitrogens with one attached hydrogen (secondary N) is 1. The van der Waals surface area contributed by atoms with Crippen LogP contribution < -0.4 is 5.32 Å². The summed E-state index contributed by atoms with van der Waals surface area (Å²) in [7, 11) is 1.88. The molecule has 0 bridgehead atoms. The minimum Gasteiger partial charge on any atom is -0.392 e. The van der Waals surface area contributed by atoms with Crippen LogP contribution in [0.4, 0.5) is 0 Å². The van der Waals surface area contributed by atoms with Crippen LogP contribution in [0, 0.1) is 11.8 Å². The molecule has 2 nitrogen and oxygen atoms in total. The normalized spacial score (nSPS) is 16.2. The summed E-state index contributed by atoms with van der Waals surface area (Å²) < 4.78 is 0. The Kier molecular flexibility index (Phi) is 7.29. The Labute approximate surface area is 82.7 Å². The van der Waals surface area contributed by atoms with Crippen molar-refractivity contribution < 1.29 is 5.11 Å². The topological polar surface area (TPSA) is 32.3 Å². The first-order chi connectivity index (χ1) is 6.10. The molecular formula is C11H25NO. The van der Waals surface area contributed by atoms with E-state index in [1.165, 1.54) is 12.8 Å². The molecule has 2 heteroatoms.